The standard InChI is InChI=1S/C25H24N4O3/c1-2-32-23(30)14-19-7-3-4-9-22(19)28-25(31)20-13-21(24-27-10-11-29(24)16-20)18-8-5-6-17(12-18)15-26/h3-13,16H,2,14-15,26H2,1H3,(H,28,31). The van der Waals surface area contributed by atoms with Crippen molar-refractivity contribution in [1.82, 2.24) is 9.38 Å². The van der Waals surface area contributed by atoms with Gasteiger partial charge >= 0.3 is 5.97 Å². The molecule has 2 aromatic heterocycles. The van der Waals surface area contributed by atoms with E-state index in [4.69, 9.17) is 10.5 Å². The van der Waals surface area contributed by atoms with Gasteiger partial charge in [-0.3, -0.25) is 9.59 Å². The Morgan fingerprint density at radius 1 is 1.12 bits per heavy atom. The van der Waals surface area contributed by atoms with Crippen molar-refractivity contribution in [3.05, 3.63) is 89.9 Å². The number of imidazole rings is 1. The molecule has 162 valence electrons. The molecule has 0 bridgehead atoms. The summed E-state index contributed by atoms with van der Waals surface area (Å²) in [4.78, 5) is 29.6. The van der Waals surface area contributed by atoms with Crippen LogP contribution in [-0.2, 0) is 22.5 Å². The van der Waals surface area contributed by atoms with Crippen LogP contribution in [0.4, 0.5) is 5.69 Å². The number of amides is 1. The molecule has 7 heteroatoms. The maximum absolute atomic E-state index is 13.2. The molecule has 0 unspecified atom stereocenters. The molecular weight excluding hydrogens is 404 g/mol. The van der Waals surface area contributed by atoms with Crippen LogP contribution in [0.1, 0.15) is 28.4 Å². The Morgan fingerprint density at radius 2 is 1.97 bits per heavy atom. The number of carbonyl (C=O) groups excluding carboxylic acids is 2. The summed E-state index contributed by atoms with van der Waals surface area (Å²) in [6, 6.07) is 16.9. The van der Waals surface area contributed by atoms with E-state index in [-0.39, 0.29) is 18.3 Å². The molecule has 0 atom stereocenters. The Kier molecular flexibility index (Phi) is 6.28. The Labute approximate surface area is 185 Å². The lowest BCUT2D eigenvalue weighted by Crippen LogP contribution is -2.16. The molecule has 0 aliphatic carbocycles. The second kappa shape index (κ2) is 9.45. The number of carbonyl (C=O) groups is 2. The van der Waals surface area contributed by atoms with E-state index in [1.54, 1.807) is 37.6 Å². The summed E-state index contributed by atoms with van der Waals surface area (Å²) in [5, 5.41) is 2.93. The zero-order chi connectivity index (χ0) is 22.5. The third kappa shape index (κ3) is 4.53. The number of hydrogen-bond donors (Lipinski definition) is 2. The molecule has 0 radical (unpaired) electrons. The van der Waals surface area contributed by atoms with Crippen molar-refractivity contribution >= 4 is 23.2 Å². The predicted molar refractivity (Wildman–Crippen MR) is 123 cm³/mol. The number of esters is 1. The van der Waals surface area contributed by atoms with E-state index in [1.807, 2.05) is 46.9 Å². The summed E-state index contributed by atoms with van der Waals surface area (Å²) in [6.45, 7) is 2.50. The minimum Gasteiger partial charge on any atom is -0.466 e. The van der Waals surface area contributed by atoms with Crippen LogP contribution in [0.2, 0.25) is 0 Å². The summed E-state index contributed by atoms with van der Waals surface area (Å²) in [6.07, 6.45) is 5.32. The number of anilines is 1. The molecule has 0 fully saturated rings. The molecule has 4 aromatic rings. The number of benzene rings is 2. The first-order chi connectivity index (χ1) is 15.6. The maximum atomic E-state index is 13.2. The van der Waals surface area contributed by atoms with Crippen LogP contribution in [0.3, 0.4) is 0 Å². The van der Waals surface area contributed by atoms with Gasteiger partial charge in [0, 0.05) is 36.4 Å². The maximum Gasteiger partial charge on any atom is 0.310 e. The minimum atomic E-state index is -0.337. The lowest BCUT2D eigenvalue weighted by atomic mass is 10.0. The Balaban J connectivity index is 1.68. The lowest BCUT2D eigenvalue weighted by Gasteiger charge is -2.13. The summed E-state index contributed by atoms with van der Waals surface area (Å²) < 4.78 is 6.87. The largest absolute Gasteiger partial charge is 0.466 e. The van der Waals surface area contributed by atoms with Crippen molar-refractivity contribution in [2.45, 2.75) is 19.9 Å². The third-order valence-electron chi connectivity index (χ3n) is 5.13. The van der Waals surface area contributed by atoms with E-state index in [9.17, 15) is 9.59 Å². The van der Waals surface area contributed by atoms with Gasteiger partial charge in [0.1, 0.15) is 5.65 Å². The molecule has 0 aliphatic rings. The van der Waals surface area contributed by atoms with Crippen LogP contribution < -0.4 is 11.1 Å². The molecule has 0 saturated carbocycles. The molecule has 1 amide bonds. The van der Waals surface area contributed by atoms with Gasteiger partial charge in [0.25, 0.3) is 5.91 Å². The number of fused-ring (bicyclic) bond motifs is 1. The molecule has 0 aliphatic heterocycles. The highest BCUT2D eigenvalue weighted by Crippen LogP contribution is 2.27. The van der Waals surface area contributed by atoms with E-state index < -0.39 is 0 Å². The number of nitrogens with zero attached hydrogens (tertiary/aromatic N) is 2. The highest BCUT2D eigenvalue weighted by Gasteiger charge is 2.16. The molecule has 7 nitrogen and oxygen atoms in total. The first-order valence-electron chi connectivity index (χ1n) is 10.4. The van der Waals surface area contributed by atoms with E-state index in [2.05, 4.69) is 10.3 Å². The summed E-state index contributed by atoms with van der Waals surface area (Å²) in [5.74, 6) is -0.621. The molecule has 3 N–H and O–H groups in total. The number of hydrogen-bond acceptors (Lipinski definition) is 5. The average molecular weight is 428 g/mol. The number of para-hydroxylation sites is 1. The van der Waals surface area contributed by atoms with Crippen LogP contribution in [0.15, 0.2) is 73.2 Å². The van der Waals surface area contributed by atoms with E-state index in [0.29, 0.717) is 30.0 Å². The first kappa shape index (κ1) is 21.3. The number of nitrogens with one attached hydrogen (secondary N) is 1. The minimum absolute atomic E-state index is 0.0853. The fraction of sp³-hybridized carbons (Fsp3) is 0.160. The average Bonchev–Trinajstić information content (AvgIpc) is 3.28. The number of nitrogens with two attached hydrogens (primary N) is 1. The second-order valence-corrected chi connectivity index (χ2v) is 7.30. The van der Waals surface area contributed by atoms with Crippen molar-refractivity contribution in [3.63, 3.8) is 0 Å². The van der Waals surface area contributed by atoms with Crippen LogP contribution in [0.25, 0.3) is 16.8 Å². The SMILES string of the molecule is CCOC(=O)Cc1ccccc1NC(=O)c1cc(-c2cccc(CN)c2)c2nccn2c1. The number of pyridine rings is 1. The summed E-state index contributed by atoms with van der Waals surface area (Å²) in [7, 11) is 0. The van der Waals surface area contributed by atoms with E-state index >= 15 is 0 Å². The van der Waals surface area contributed by atoms with Gasteiger partial charge in [0.15, 0.2) is 0 Å². The lowest BCUT2D eigenvalue weighted by molar-refractivity contribution is -0.142. The van der Waals surface area contributed by atoms with Gasteiger partial charge in [-0.25, -0.2) is 4.98 Å². The van der Waals surface area contributed by atoms with Crippen molar-refractivity contribution in [3.8, 4) is 11.1 Å². The van der Waals surface area contributed by atoms with Gasteiger partial charge in [-0.1, -0.05) is 36.4 Å². The monoisotopic (exact) mass is 428 g/mol. The molecule has 0 saturated heterocycles. The molecule has 2 heterocycles. The van der Waals surface area contributed by atoms with Crippen molar-refractivity contribution in [2.75, 3.05) is 11.9 Å². The summed E-state index contributed by atoms with van der Waals surface area (Å²) in [5.41, 5.74) is 11.0. The van der Waals surface area contributed by atoms with Crippen LogP contribution in [0, 0.1) is 0 Å². The predicted octanol–water partition coefficient (Wildman–Crippen LogP) is 3.82. The number of rotatable bonds is 7. The Bertz CT molecular complexity index is 1280. The van der Waals surface area contributed by atoms with E-state index in [0.717, 1.165) is 22.3 Å². The molecule has 32 heavy (non-hydrogen) atoms. The topological polar surface area (TPSA) is 98.7 Å². The van der Waals surface area contributed by atoms with Gasteiger partial charge in [-0.05, 0) is 41.8 Å². The normalized spacial score (nSPS) is 10.8. The van der Waals surface area contributed by atoms with Crippen molar-refractivity contribution in [2.24, 2.45) is 5.73 Å². The van der Waals surface area contributed by atoms with Gasteiger partial charge in [-0.2, -0.15) is 0 Å². The first-order valence-corrected chi connectivity index (χ1v) is 10.4. The molecule has 0 spiro atoms. The van der Waals surface area contributed by atoms with Gasteiger partial charge < -0.3 is 20.2 Å². The van der Waals surface area contributed by atoms with Gasteiger partial charge in [0.05, 0.1) is 18.6 Å². The van der Waals surface area contributed by atoms with Crippen LogP contribution in [-0.4, -0.2) is 27.9 Å². The quantitative estimate of drug-likeness (QED) is 0.436. The Hall–Kier alpha value is -3.97. The van der Waals surface area contributed by atoms with Crippen molar-refractivity contribution < 1.29 is 14.3 Å². The fourth-order valence-corrected chi connectivity index (χ4v) is 3.59. The van der Waals surface area contributed by atoms with Gasteiger partial charge in [-0.15, -0.1) is 0 Å². The number of ether oxygens (including phenoxy) is 1. The third-order valence-corrected chi connectivity index (χ3v) is 5.13. The zero-order valence-electron chi connectivity index (χ0n) is 17.7. The fourth-order valence-electron chi connectivity index (χ4n) is 3.59. The summed E-state index contributed by atoms with van der Waals surface area (Å²) >= 11 is 0. The zero-order valence-corrected chi connectivity index (χ0v) is 17.7. The highest BCUT2D eigenvalue weighted by molar-refractivity contribution is 6.06. The molecule has 4 rings (SSSR count). The van der Waals surface area contributed by atoms with Gasteiger partial charge in [0.2, 0.25) is 0 Å². The number of aromatic nitrogens is 2. The molecule has 2 aromatic carbocycles. The van der Waals surface area contributed by atoms with Crippen LogP contribution in [0.5, 0.6) is 0 Å². The van der Waals surface area contributed by atoms with Crippen LogP contribution >= 0.6 is 0 Å². The smallest absolute Gasteiger partial charge is 0.310 e. The molecular formula is C25H24N4O3. The Morgan fingerprint density at radius 3 is 2.78 bits per heavy atom. The second-order valence-electron chi connectivity index (χ2n) is 7.30. The highest BCUT2D eigenvalue weighted by atomic mass is 16.5. The van der Waals surface area contributed by atoms with Crippen molar-refractivity contribution in [1.29, 1.82) is 0 Å². The van der Waals surface area contributed by atoms with E-state index in [1.165, 1.54) is 0 Å².